The zero-order valence-electron chi connectivity index (χ0n) is 18.3. The van der Waals surface area contributed by atoms with Gasteiger partial charge >= 0.3 is 0 Å². The van der Waals surface area contributed by atoms with Crippen LogP contribution in [0.25, 0.3) is 0 Å². The lowest BCUT2D eigenvalue weighted by atomic mass is 9.88. The van der Waals surface area contributed by atoms with Crippen molar-refractivity contribution >= 4 is 28.9 Å². The second-order valence-electron chi connectivity index (χ2n) is 9.43. The molecular formula is C25H37N3O2. The first-order valence-corrected chi connectivity index (χ1v) is 12.2. The molecule has 1 aromatic carbocycles. The lowest BCUT2D eigenvalue weighted by Gasteiger charge is -2.31. The van der Waals surface area contributed by atoms with E-state index in [2.05, 4.69) is 21.6 Å². The van der Waals surface area contributed by atoms with Crippen molar-refractivity contribution in [3.05, 3.63) is 18.2 Å². The van der Waals surface area contributed by atoms with Crippen molar-refractivity contribution in [2.24, 2.45) is 11.8 Å². The number of carbonyl (C=O) groups excluding carboxylic acids is 2. The number of hydrogen-bond donors (Lipinski definition) is 2. The van der Waals surface area contributed by atoms with Crippen LogP contribution in [0.5, 0.6) is 0 Å². The van der Waals surface area contributed by atoms with Gasteiger partial charge in [-0.3, -0.25) is 9.59 Å². The van der Waals surface area contributed by atoms with Gasteiger partial charge in [-0.1, -0.05) is 38.5 Å². The fraction of sp³-hybridized carbons (Fsp3) is 0.680. The molecule has 4 rings (SSSR count). The number of hydrogen-bond acceptors (Lipinski definition) is 3. The van der Waals surface area contributed by atoms with Crippen molar-refractivity contribution in [2.45, 2.75) is 83.5 Å². The highest BCUT2D eigenvalue weighted by Gasteiger charge is 2.25. The summed E-state index contributed by atoms with van der Waals surface area (Å²) in [6, 6.07) is 6.06. The largest absolute Gasteiger partial charge is 0.370 e. The fourth-order valence-electron chi connectivity index (χ4n) is 5.33. The van der Waals surface area contributed by atoms with Gasteiger partial charge in [0.1, 0.15) is 0 Å². The molecule has 30 heavy (non-hydrogen) atoms. The Morgan fingerprint density at radius 2 is 1.23 bits per heavy atom. The van der Waals surface area contributed by atoms with Crippen LogP contribution < -0.4 is 15.5 Å². The highest BCUT2D eigenvalue weighted by Crippen LogP contribution is 2.34. The Balaban J connectivity index is 1.51. The summed E-state index contributed by atoms with van der Waals surface area (Å²) in [6.07, 6.45) is 14.7. The van der Waals surface area contributed by atoms with Gasteiger partial charge in [-0.15, -0.1) is 0 Å². The summed E-state index contributed by atoms with van der Waals surface area (Å²) < 4.78 is 0. The van der Waals surface area contributed by atoms with E-state index in [-0.39, 0.29) is 23.7 Å². The molecule has 0 unspecified atom stereocenters. The van der Waals surface area contributed by atoms with Crippen molar-refractivity contribution < 1.29 is 9.59 Å². The van der Waals surface area contributed by atoms with Crippen LogP contribution in [-0.4, -0.2) is 24.9 Å². The average Bonchev–Trinajstić information content (AvgIpc) is 2.81. The molecule has 1 aliphatic heterocycles. The maximum absolute atomic E-state index is 13.0. The van der Waals surface area contributed by atoms with E-state index in [1.165, 1.54) is 32.1 Å². The third-order valence-corrected chi connectivity index (χ3v) is 7.17. The van der Waals surface area contributed by atoms with E-state index in [1.54, 1.807) is 0 Å². The zero-order chi connectivity index (χ0) is 20.8. The Labute approximate surface area is 181 Å². The highest BCUT2D eigenvalue weighted by atomic mass is 16.2. The quantitative estimate of drug-likeness (QED) is 0.652. The monoisotopic (exact) mass is 411 g/mol. The summed E-state index contributed by atoms with van der Waals surface area (Å²) in [7, 11) is 0. The van der Waals surface area contributed by atoms with Gasteiger partial charge in [-0.2, -0.15) is 0 Å². The van der Waals surface area contributed by atoms with Gasteiger partial charge in [0.15, 0.2) is 0 Å². The predicted molar refractivity (Wildman–Crippen MR) is 123 cm³/mol. The molecule has 0 bridgehead atoms. The molecule has 3 aliphatic rings. The van der Waals surface area contributed by atoms with E-state index < -0.39 is 0 Å². The minimum atomic E-state index is 0.119. The summed E-state index contributed by atoms with van der Waals surface area (Å²) in [5, 5.41) is 6.37. The number of nitrogens with one attached hydrogen (secondary N) is 2. The lowest BCUT2D eigenvalue weighted by Crippen LogP contribution is -2.31. The predicted octanol–water partition coefficient (Wildman–Crippen LogP) is 5.71. The lowest BCUT2D eigenvalue weighted by molar-refractivity contribution is -0.121. The molecule has 2 N–H and O–H groups in total. The minimum absolute atomic E-state index is 0.119. The topological polar surface area (TPSA) is 61.4 Å². The first-order valence-electron chi connectivity index (χ1n) is 12.2. The number of rotatable bonds is 5. The molecule has 0 atom stereocenters. The van der Waals surface area contributed by atoms with E-state index in [4.69, 9.17) is 0 Å². The van der Waals surface area contributed by atoms with Crippen molar-refractivity contribution in [1.29, 1.82) is 0 Å². The molecule has 0 radical (unpaired) electrons. The molecule has 5 nitrogen and oxygen atoms in total. The number of carbonyl (C=O) groups is 2. The average molecular weight is 412 g/mol. The Hall–Kier alpha value is -2.04. The smallest absolute Gasteiger partial charge is 0.227 e. The second kappa shape index (κ2) is 10.3. The van der Waals surface area contributed by atoms with Gasteiger partial charge in [-0.05, 0) is 63.1 Å². The van der Waals surface area contributed by atoms with Gasteiger partial charge < -0.3 is 15.5 Å². The van der Waals surface area contributed by atoms with Crippen LogP contribution in [0.1, 0.15) is 83.5 Å². The summed E-state index contributed by atoms with van der Waals surface area (Å²) in [4.78, 5) is 28.1. The molecule has 3 fully saturated rings. The van der Waals surface area contributed by atoms with Crippen molar-refractivity contribution in [3.8, 4) is 0 Å². The van der Waals surface area contributed by atoms with Crippen LogP contribution in [0.15, 0.2) is 18.2 Å². The summed E-state index contributed by atoms with van der Waals surface area (Å²) in [5.41, 5.74) is 2.74. The normalized spacial score (nSPS) is 21.3. The first-order chi connectivity index (χ1) is 14.7. The number of anilines is 3. The number of amides is 2. The SMILES string of the molecule is O=C(Nc1ccc(N2CCCCC2)c(NC(=O)C2CCCCC2)c1)C1CCCCC1. The van der Waals surface area contributed by atoms with E-state index in [0.717, 1.165) is 81.5 Å². The molecule has 5 heteroatoms. The van der Waals surface area contributed by atoms with Gasteiger partial charge in [0.2, 0.25) is 11.8 Å². The van der Waals surface area contributed by atoms with E-state index in [9.17, 15) is 9.59 Å². The van der Waals surface area contributed by atoms with Gasteiger partial charge in [0.25, 0.3) is 0 Å². The van der Waals surface area contributed by atoms with Gasteiger partial charge in [0, 0.05) is 30.6 Å². The van der Waals surface area contributed by atoms with Crippen molar-refractivity contribution in [1.82, 2.24) is 0 Å². The van der Waals surface area contributed by atoms with Crippen molar-refractivity contribution in [3.63, 3.8) is 0 Å². The highest BCUT2D eigenvalue weighted by molar-refractivity contribution is 5.98. The summed E-state index contributed by atoms with van der Waals surface area (Å²) in [5.74, 6) is 0.517. The van der Waals surface area contributed by atoms with Crippen LogP contribution >= 0.6 is 0 Å². The molecule has 2 aliphatic carbocycles. The zero-order valence-corrected chi connectivity index (χ0v) is 18.3. The molecule has 0 spiro atoms. The Morgan fingerprint density at radius 1 is 0.700 bits per heavy atom. The Morgan fingerprint density at radius 3 is 1.83 bits per heavy atom. The van der Waals surface area contributed by atoms with E-state index >= 15 is 0 Å². The molecule has 1 aromatic rings. The van der Waals surface area contributed by atoms with E-state index in [0.29, 0.717) is 0 Å². The summed E-state index contributed by atoms with van der Waals surface area (Å²) in [6.45, 7) is 2.06. The van der Waals surface area contributed by atoms with Crippen LogP contribution in [0, 0.1) is 11.8 Å². The summed E-state index contributed by atoms with van der Waals surface area (Å²) >= 11 is 0. The van der Waals surface area contributed by atoms with E-state index in [1.807, 2.05) is 12.1 Å². The molecule has 1 heterocycles. The van der Waals surface area contributed by atoms with Crippen LogP contribution in [-0.2, 0) is 9.59 Å². The van der Waals surface area contributed by atoms with Crippen LogP contribution in [0.3, 0.4) is 0 Å². The molecule has 0 aromatic heterocycles. The molecule has 2 saturated carbocycles. The second-order valence-corrected chi connectivity index (χ2v) is 9.43. The van der Waals surface area contributed by atoms with Gasteiger partial charge in [0.05, 0.1) is 11.4 Å². The number of nitrogens with zero attached hydrogens (tertiary/aromatic N) is 1. The Kier molecular flexibility index (Phi) is 7.29. The number of piperidine rings is 1. The first kappa shape index (κ1) is 21.2. The maximum atomic E-state index is 13.0. The Bertz CT molecular complexity index is 730. The standard InChI is InChI=1S/C25H37N3O2/c29-24(19-10-4-1-5-11-19)26-21-14-15-23(28-16-8-3-9-17-28)22(18-21)27-25(30)20-12-6-2-7-13-20/h14-15,18-20H,1-13,16-17H2,(H,26,29)(H,27,30). The number of benzene rings is 1. The van der Waals surface area contributed by atoms with Crippen LogP contribution in [0.2, 0.25) is 0 Å². The third-order valence-electron chi connectivity index (χ3n) is 7.17. The minimum Gasteiger partial charge on any atom is -0.370 e. The molecule has 164 valence electrons. The third kappa shape index (κ3) is 5.35. The van der Waals surface area contributed by atoms with Crippen molar-refractivity contribution in [2.75, 3.05) is 28.6 Å². The van der Waals surface area contributed by atoms with Crippen LogP contribution in [0.4, 0.5) is 17.1 Å². The maximum Gasteiger partial charge on any atom is 0.227 e. The fourth-order valence-corrected chi connectivity index (χ4v) is 5.33. The molecule has 1 saturated heterocycles. The molecule has 2 amide bonds. The molecular weight excluding hydrogens is 374 g/mol. The van der Waals surface area contributed by atoms with Gasteiger partial charge in [-0.25, -0.2) is 0 Å².